The normalized spacial score (nSPS) is 12.5. The van der Waals surface area contributed by atoms with Crippen LogP contribution in [0, 0.1) is 0 Å². The molecule has 7 nitrogen and oxygen atoms in total. The summed E-state index contributed by atoms with van der Waals surface area (Å²) < 4.78 is 15.9. The lowest BCUT2D eigenvalue weighted by atomic mass is 10.2. The van der Waals surface area contributed by atoms with Crippen molar-refractivity contribution < 1.29 is 23.5 Å². The number of carbonyl (C=O) groups is 2. The Labute approximate surface area is 166 Å². The molecule has 1 aliphatic rings. The van der Waals surface area contributed by atoms with Gasteiger partial charge in [0, 0.05) is 18.2 Å². The van der Waals surface area contributed by atoms with E-state index in [1.807, 2.05) is 12.1 Å². The summed E-state index contributed by atoms with van der Waals surface area (Å²) in [5, 5.41) is 5.45. The topological polar surface area (TPSA) is 89.8 Å². The van der Waals surface area contributed by atoms with Crippen molar-refractivity contribution >= 4 is 17.9 Å². The van der Waals surface area contributed by atoms with Gasteiger partial charge in [0.1, 0.15) is 11.5 Å². The summed E-state index contributed by atoms with van der Waals surface area (Å²) >= 11 is 0. The van der Waals surface area contributed by atoms with Gasteiger partial charge in [0.25, 0.3) is 11.8 Å². The maximum atomic E-state index is 12.8. The average Bonchev–Trinajstić information content (AvgIpc) is 3.43. The van der Waals surface area contributed by atoms with Crippen LogP contribution in [-0.2, 0) is 11.3 Å². The molecule has 29 heavy (non-hydrogen) atoms. The van der Waals surface area contributed by atoms with Gasteiger partial charge in [-0.05, 0) is 42.0 Å². The maximum absolute atomic E-state index is 12.8. The first-order valence-corrected chi connectivity index (χ1v) is 8.97. The Morgan fingerprint density at radius 1 is 0.966 bits per heavy atom. The van der Waals surface area contributed by atoms with E-state index in [4.69, 9.17) is 13.9 Å². The second-order valence-electron chi connectivity index (χ2n) is 6.26. The summed E-state index contributed by atoms with van der Waals surface area (Å²) in [7, 11) is 0. The lowest BCUT2D eigenvalue weighted by Gasteiger charge is -2.11. The number of ether oxygens (including phenoxy) is 2. The minimum absolute atomic E-state index is 0.0783. The second kappa shape index (κ2) is 8.35. The monoisotopic (exact) mass is 390 g/mol. The molecule has 4 rings (SSSR count). The third-order valence-corrected chi connectivity index (χ3v) is 4.25. The molecule has 0 spiro atoms. The predicted octanol–water partition coefficient (Wildman–Crippen LogP) is 3.10. The third kappa shape index (κ3) is 4.47. The number of carbonyl (C=O) groups excluding carboxylic acids is 2. The molecule has 2 aromatic carbocycles. The molecule has 2 N–H and O–H groups in total. The summed E-state index contributed by atoms with van der Waals surface area (Å²) in [6, 6.07) is 17.5. The van der Waals surface area contributed by atoms with Gasteiger partial charge >= 0.3 is 0 Å². The first-order chi connectivity index (χ1) is 14.2. The van der Waals surface area contributed by atoms with E-state index in [0.717, 1.165) is 5.56 Å². The Kier molecular flexibility index (Phi) is 5.29. The number of rotatable bonds is 6. The van der Waals surface area contributed by atoms with Gasteiger partial charge in [0.05, 0.1) is 6.26 Å². The molecule has 0 atom stereocenters. The van der Waals surface area contributed by atoms with E-state index in [2.05, 4.69) is 10.6 Å². The van der Waals surface area contributed by atoms with E-state index < -0.39 is 5.91 Å². The molecule has 1 aliphatic heterocycles. The van der Waals surface area contributed by atoms with E-state index in [0.29, 0.717) is 22.8 Å². The molecule has 0 bridgehead atoms. The van der Waals surface area contributed by atoms with Crippen molar-refractivity contribution in [1.82, 2.24) is 10.6 Å². The molecule has 3 aromatic rings. The Balaban J connectivity index is 1.48. The maximum Gasteiger partial charge on any atom is 0.268 e. The van der Waals surface area contributed by atoms with E-state index in [-0.39, 0.29) is 24.9 Å². The quantitative estimate of drug-likeness (QED) is 0.632. The first-order valence-electron chi connectivity index (χ1n) is 8.97. The Hall–Kier alpha value is -4.00. The van der Waals surface area contributed by atoms with Crippen LogP contribution in [0.5, 0.6) is 11.5 Å². The molecule has 0 aliphatic carbocycles. The van der Waals surface area contributed by atoms with Gasteiger partial charge in [-0.1, -0.05) is 24.3 Å². The molecule has 2 amide bonds. The average molecular weight is 390 g/mol. The molecule has 0 saturated heterocycles. The summed E-state index contributed by atoms with van der Waals surface area (Å²) in [5.41, 5.74) is 1.37. The number of amides is 2. The van der Waals surface area contributed by atoms with Gasteiger partial charge in [0.2, 0.25) is 6.79 Å². The molecule has 1 aromatic heterocycles. The van der Waals surface area contributed by atoms with Crippen LogP contribution < -0.4 is 20.1 Å². The van der Waals surface area contributed by atoms with Crippen LogP contribution in [-0.4, -0.2) is 18.6 Å². The molecule has 0 saturated carbocycles. The summed E-state index contributed by atoms with van der Waals surface area (Å²) in [5.74, 6) is 0.936. The van der Waals surface area contributed by atoms with Crippen molar-refractivity contribution in [3.63, 3.8) is 0 Å². The predicted molar refractivity (Wildman–Crippen MR) is 105 cm³/mol. The van der Waals surface area contributed by atoms with Crippen molar-refractivity contribution in [3.8, 4) is 11.5 Å². The highest BCUT2D eigenvalue weighted by Gasteiger charge is 2.17. The molecule has 0 unspecified atom stereocenters. The number of hydrogen-bond donors (Lipinski definition) is 2. The lowest BCUT2D eigenvalue weighted by molar-refractivity contribution is -0.117. The second-order valence-corrected chi connectivity index (χ2v) is 6.26. The highest BCUT2D eigenvalue weighted by Crippen LogP contribution is 2.32. The van der Waals surface area contributed by atoms with E-state index in [1.165, 1.54) is 12.3 Å². The fourth-order valence-electron chi connectivity index (χ4n) is 2.79. The van der Waals surface area contributed by atoms with E-state index >= 15 is 0 Å². The zero-order valence-corrected chi connectivity index (χ0v) is 15.4. The number of benzene rings is 2. The van der Waals surface area contributed by atoms with Gasteiger partial charge in [-0.3, -0.25) is 9.59 Å². The number of hydrogen-bond acceptors (Lipinski definition) is 5. The zero-order chi connectivity index (χ0) is 20.1. The summed E-state index contributed by atoms with van der Waals surface area (Å²) in [6.45, 7) is 0.443. The van der Waals surface area contributed by atoms with Crippen LogP contribution in [0.4, 0.5) is 0 Å². The summed E-state index contributed by atoms with van der Waals surface area (Å²) in [6.07, 6.45) is 2.98. The Morgan fingerprint density at radius 2 is 1.79 bits per heavy atom. The fourth-order valence-corrected chi connectivity index (χ4v) is 2.79. The van der Waals surface area contributed by atoms with Crippen LogP contribution in [0.2, 0.25) is 0 Å². The van der Waals surface area contributed by atoms with Crippen LogP contribution in [0.3, 0.4) is 0 Å². The van der Waals surface area contributed by atoms with Gasteiger partial charge in [-0.2, -0.15) is 0 Å². The van der Waals surface area contributed by atoms with Crippen LogP contribution in [0.1, 0.15) is 21.7 Å². The number of nitrogens with one attached hydrogen (secondary N) is 2. The molecular weight excluding hydrogens is 372 g/mol. The molecule has 0 fully saturated rings. The van der Waals surface area contributed by atoms with Crippen molar-refractivity contribution in [2.75, 3.05) is 6.79 Å². The van der Waals surface area contributed by atoms with Crippen molar-refractivity contribution in [1.29, 1.82) is 0 Å². The Morgan fingerprint density at radius 3 is 2.59 bits per heavy atom. The largest absolute Gasteiger partial charge is 0.465 e. The van der Waals surface area contributed by atoms with Gasteiger partial charge < -0.3 is 24.5 Å². The Bertz CT molecular complexity index is 1040. The molecule has 7 heteroatoms. The fraction of sp³-hybridized carbons (Fsp3) is 0.0909. The van der Waals surface area contributed by atoms with Crippen molar-refractivity contribution in [2.24, 2.45) is 0 Å². The zero-order valence-electron chi connectivity index (χ0n) is 15.4. The molecule has 0 radical (unpaired) electrons. The number of fused-ring (bicyclic) bond motifs is 1. The van der Waals surface area contributed by atoms with E-state index in [9.17, 15) is 9.59 Å². The van der Waals surface area contributed by atoms with Crippen molar-refractivity contribution in [2.45, 2.75) is 6.54 Å². The minimum atomic E-state index is -0.441. The summed E-state index contributed by atoms with van der Waals surface area (Å²) in [4.78, 5) is 25.2. The molecule has 146 valence electrons. The highest BCUT2D eigenvalue weighted by molar-refractivity contribution is 6.05. The van der Waals surface area contributed by atoms with Gasteiger partial charge in [0.15, 0.2) is 11.5 Å². The van der Waals surface area contributed by atoms with Crippen LogP contribution in [0.25, 0.3) is 6.08 Å². The minimum Gasteiger partial charge on any atom is -0.465 e. The molecular formula is C22H18N2O5. The van der Waals surface area contributed by atoms with Crippen LogP contribution >= 0.6 is 0 Å². The standard InChI is InChI=1S/C22H18N2O5/c25-21(16-5-2-1-3-6-16)24-18(12-17-7-4-10-27-17)22(26)23-13-15-8-9-19-20(11-15)29-14-28-19/h1-12H,13-14H2,(H,23,26)(H,24,25)/b18-12-. The lowest BCUT2D eigenvalue weighted by Crippen LogP contribution is -2.34. The van der Waals surface area contributed by atoms with Crippen molar-refractivity contribution in [3.05, 3.63) is 89.5 Å². The van der Waals surface area contributed by atoms with E-state index in [1.54, 1.807) is 48.5 Å². The van der Waals surface area contributed by atoms with Crippen LogP contribution in [0.15, 0.2) is 77.0 Å². The van der Waals surface area contributed by atoms with Gasteiger partial charge in [-0.15, -0.1) is 0 Å². The van der Waals surface area contributed by atoms with Gasteiger partial charge in [-0.25, -0.2) is 0 Å². The smallest absolute Gasteiger partial charge is 0.268 e. The number of furan rings is 1. The highest BCUT2D eigenvalue weighted by atomic mass is 16.7. The third-order valence-electron chi connectivity index (χ3n) is 4.25. The molecule has 2 heterocycles. The first kappa shape index (κ1) is 18.4. The SMILES string of the molecule is O=C(NCc1ccc2c(c1)OCO2)/C(=C/c1ccco1)NC(=O)c1ccccc1.